The topological polar surface area (TPSA) is 59.8 Å². The van der Waals surface area contributed by atoms with Gasteiger partial charge in [-0.1, -0.05) is 54.2 Å². The van der Waals surface area contributed by atoms with E-state index in [0.717, 1.165) is 35.9 Å². The predicted molar refractivity (Wildman–Crippen MR) is 112 cm³/mol. The van der Waals surface area contributed by atoms with E-state index in [9.17, 15) is 4.79 Å². The van der Waals surface area contributed by atoms with Gasteiger partial charge in [-0.05, 0) is 56.4 Å². The molecule has 0 bridgehead atoms. The van der Waals surface area contributed by atoms with Crippen molar-refractivity contribution in [1.29, 1.82) is 0 Å². The molecule has 0 radical (unpaired) electrons. The maximum absolute atomic E-state index is 12.9. The third kappa shape index (κ3) is 3.83. The highest BCUT2D eigenvalue weighted by molar-refractivity contribution is 8.00. The lowest BCUT2D eigenvalue weighted by molar-refractivity contribution is -0.121. The van der Waals surface area contributed by atoms with E-state index in [1.165, 1.54) is 22.9 Å². The molecule has 1 heterocycles. The van der Waals surface area contributed by atoms with Gasteiger partial charge in [0.05, 0.1) is 11.3 Å². The smallest absolute Gasteiger partial charge is 0.233 e. The van der Waals surface area contributed by atoms with Crippen LogP contribution in [0.5, 0.6) is 0 Å². The van der Waals surface area contributed by atoms with Gasteiger partial charge in [-0.15, -0.1) is 10.2 Å². The van der Waals surface area contributed by atoms with Crippen LogP contribution in [0.25, 0.3) is 5.69 Å². The summed E-state index contributed by atoms with van der Waals surface area (Å²) < 4.78 is 1.99. The molecule has 1 aromatic heterocycles. The molecule has 3 aromatic rings. The van der Waals surface area contributed by atoms with Gasteiger partial charge >= 0.3 is 0 Å². The summed E-state index contributed by atoms with van der Waals surface area (Å²) in [4.78, 5) is 12.9. The summed E-state index contributed by atoms with van der Waals surface area (Å²) in [6, 6.07) is 18.5. The number of hydrogen-bond acceptors (Lipinski definition) is 4. The molecule has 0 spiro atoms. The first-order chi connectivity index (χ1) is 13.6. The number of amides is 1. The molecule has 6 heteroatoms. The SMILES string of the molecule is Cc1nnc(S[C@H](C)C(=O)N[C@H]2CCCc3ccccc32)n1-c1ccccc1. The molecular formula is C22H24N4OS. The van der Waals surface area contributed by atoms with Crippen molar-refractivity contribution in [2.75, 3.05) is 0 Å². The van der Waals surface area contributed by atoms with Gasteiger partial charge in [0.1, 0.15) is 5.82 Å². The van der Waals surface area contributed by atoms with Crippen LogP contribution in [-0.2, 0) is 11.2 Å². The van der Waals surface area contributed by atoms with E-state index < -0.39 is 0 Å². The molecule has 0 unspecified atom stereocenters. The standard InChI is InChI=1S/C22H24N4OS/c1-15(21(27)23-20-14-8-10-17-9-6-7-13-19(17)20)28-22-25-24-16(2)26(22)18-11-4-3-5-12-18/h3-7,9,11-13,15,20H,8,10,14H2,1-2H3,(H,23,27)/t15-,20+/m1/s1. The van der Waals surface area contributed by atoms with Crippen LogP contribution in [0.15, 0.2) is 59.8 Å². The number of fused-ring (bicyclic) bond motifs is 1. The van der Waals surface area contributed by atoms with Crippen LogP contribution in [0.4, 0.5) is 0 Å². The number of hydrogen-bond donors (Lipinski definition) is 1. The number of carbonyl (C=O) groups excluding carboxylic acids is 1. The van der Waals surface area contributed by atoms with Gasteiger partial charge in [0.25, 0.3) is 0 Å². The van der Waals surface area contributed by atoms with E-state index in [0.29, 0.717) is 0 Å². The Morgan fingerprint density at radius 3 is 2.71 bits per heavy atom. The van der Waals surface area contributed by atoms with Gasteiger partial charge in [0.2, 0.25) is 5.91 Å². The number of nitrogens with one attached hydrogen (secondary N) is 1. The lowest BCUT2D eigenvalue weighted by Crippen LogP contribution is -2.36. The highest BCUT2D eigenvalue weighted by Gasteiger charge is 2.25. The number of benzene rings is 2. The Labute approximate surface area is 169 Å². The quantitative estimate of drug-likeness (QED) is 0.660. The van der Waals surface area contributed by atoms with Crippen LogP contribution < -0.4 is 5.32 Å². The summed E-state index contributed by atoms with van der Waals surface area (Å²) >= 11 is 1.44. The average Bonchev–Trinajstić information content (AvgIpc) is 3.09. The highest BCUT2D eigenvalue weighted by atomic mass is 32.2. The van der Waals surface area contributed by atoms with Crippen LogP contribution in [0.1, 0.15) is 42.8 Å². The summed E-state index contributed by atoms with van der Waals surface area (Å²) in [5.74, 6) is 0.842. The highest BCUT2D eigenvalue weighted by Crippen LogP contribution is 2.31. The fraction of sp³-hybridized carbons (Fsp3) is 0.318. The Hall–Kier alpha value is -2.60. The molecule has 1 aliphatic rings. The molecule has 2 atom stereocenters. The zero-order valence-electron chi connectivity index (χ0n) is 16.1. The Morgan fingerprint density at radius 2 is 1.89 bits per heavy atom. The summed E-state index contributed by atoms with van der Waals surface area (Å²) in [7, 11) is 0. The van der Waals surface area contributed by atoms with E-state index >= 15 is 0 Å². The van der Waals surface area contributed by atoms with Gasteiger partial charge in [0.15, 0.2) is 5.16 Å². The molecule has 5 nitrogen and oxygen atoms in total. The lowest BCUT2D eigenvalue weighted by Gasteiger charge is -2.27. The second-order valence-electron chi connectivity index (χ2n) is 7.11. The first kappa shape index (κ1) is 18.7. The normalized spacial score (nSPS) is 17.0. The Kier molecular flexibility index (Phi) is 5.48. The number of para-hydroxylation sites is 1. The number of nitrogens with zero attached hydrogens (tertiary/aromatic N) is 3. The first-order valence-electron chi connectivity index (χ1n) is 9.66. The van der Waals surface area contributed by atoms with Crippen molar-refractivity contribution in [3.63, 3.8) is 0 Å². The van der Waals surface area contributed by atoms with Crippen molar-refractivity contribution in [2.45, 2.75) is 49.6 Å². The number of aromatic nitrogens is 3. The first-order valence-corrected chi connectivity index (χ1v) is 10.5. The van der Waals surface area contributed by atoms with Crippen LogP contribution in [0.3, 0.4) is 0 Å². The second kappa shape index (κ2) is 8.19. The molecule has 1 aliphatic carbocycles. The largest absolute Gasteiger partial charge is 0.348 e. The molecule has 1 N–H and O–H groups in total. The van der Waals surface area contributed by atoms with Crippen molar-refractivity contribution < 1.29 is 4.79 Å². The monoisotopic (exact) mass is 392 g/mol. The fourth-order valence-corrected chi connectivity index (χ4v) is 4.62. The van der Waals surface area contributed by atoms with Crippen LogP contribution >= 0.6 is 11.8 Å². The van der Waals surface area contributed by atoms with E-state index in [1.807, 2.05) is 54.8 Å². The molecule has 144 valence electrons. The molecule has 0 fully saturated rings. The minimum absolute atomic E-state index is 0.0342. The molecule has 2 aromatic carbocycles. The predicted octanol–water partition coefficient (Wildman–Crippen LogP) is 4.25. The Bertz CT molecular complexity index is 970. The third-order valence-electron chi connectivity index (χ3n) is 5.15. The van der Waals surface area contributed by atoms with Crippen LogP contribution in [-0.4, -0.2) is 25.9 Å². The second-order valence-corrected chi connectivity index (χ2v) is 8.42. The number of rotatable bonds is 5. The van der Waals surface area contributed by atoms with Gasteiger partial charge in [0, 0.05) is 5.69 Å². The summed E-state index contributed by atoms with van der Waals surface area (Å²) in [6.45, 7) is 3.85. The Morgan fingerprint density at radius 1 is 1.14 bits per heavy atom. The summed E-state index contributed by atoms with van der Waals surface area (Å²) in [5, 5.41) is 12.2. The molecule has 0 aliphatic heterocycles. The van der Waals surface area contributed by atoms with Crippen molar-refractivity contribution in [3.05, 3.63) is 71.5 Å². The van der Waals surface area contributed by atoms with Gasteiger partial charge in [-0.2, -0.15) is 0 Å². The average molecular weight is 393 g/mol. The molecule has 0 saturated carbocycles. The van der Waals surface area contributed by atoms with E-state index in [4.69, 9.17) is 0 Å². The van der Waals surface area contributed by atoms with Gasteiger partial charge < -0.3 is 5.32 Å². The molecule has 0 saturated heterocycles. The maximum Gasteiger partial charge on any atom is 0.233 e. The molecule has 28 heavy (non-hydrogen) atoms. The van der Waals surface area contributed by atoms with Crippen molar-refractivity contribution in [3.8, 4) is 5.69 Å². The van der Waals surface area contributed by atoms with Crippen LogP contribution in [0, 0.1) is 6.92 Å². The van der Waals surface area contributed by atoms with Crippen LogP contribution in [0.2, 0.25) is 0 Å². The lowest BCUT2D eigenvalue weighted by atomic mass is 9.88. The molecular weight excluding hydrogens is 368 g/mol. The maximum atomic E-state index is 12.9. The summed E-state index contributed by atoms with van der Waals surface area (Å²) in [5.41, 5.74) is 3.60. The summed E-state index contributed by atoms with van der Waals surface area (Å²) in [6.07, 6.45) is 3.18. The van der Waals surface area contributed by atoms with E-state index in [1.54, 1.807) is 0 Å². The van der Waals surface area contributed by atoms with Crippen molar-refractivity contribution in [2.24, 2.45) is 0 Å². The fourth-order valence-electron chi connectivity index (χ4n) is 3.70. The van der Waals surface area contributed by atoms with Gasteiger partial charge in [-0.25, -0.2) is 0 Å². The molecule has 1 amide bonds. The van der Waals surface area contributed by atoms with Gasteiger partial charge in [-0.3, -0.25) is 9.36 Å². The van der Waals surface area contributed by atoms with Crippen molar-refractivity contribution in [1.82, 2.24) is 20.1 Å². The number of aryl methyl sites for hydroxylation is 2. The molecule has 4 rings (SSSR count). The minimum atomic E-state index is -0.264. The van der Waals surface area contributed by atoms with E-state index in [2.05, 4.69) is 33.7 Å². The third-order valence-corrected chi connectivity index (χ3v) is 6.19. The van der Waals surface area contributed by atoms with E-state index in [-0.39, 0.29) is 17.2 Å². The zero-order chi connectivity index (χ0) is 19.5. The van der Waals surface area contributed by atoms with Crippen molar-refractivity contribution >= 4 is 17.7 Å². The number of thioether (sulfide) groups is 1. The zero-order valence-corrected chi connectivity index (χ0v) is 16.9. The minimum Gasteiger partial charge on any atom is -0.348 e. The Balaban J connectivity index is 1.48. The number of carbonyl (C=O) groups is 1.